The summed E-state index contributed by atoms with van der Waals surface area (Å²) in [6.07, 6.45) is -0.109. The molecule has 0 bridgehead atoms. The first-order chi connectivity index (χ1) is 6.77. The van der Waals surface area contributed by atoms with E-state index in [2.05, 4.69) is 13.8 Å². The van der Waals surface area contributed by atoms with Crippen LogP contribution in [0.1, 0.15) is 27.7 Å². The predicted octanol–water partition coefficient (Wildman–Crippen LogP) is 3.47. The van der Waals surface area contributed by atoms with Crippen LogP contribution in [0.25, 0.3) is 0 Å². The Morgan fingerprint density at radius 3 is 1.79 bits per heavy atom. The van der Waals surface area contributed by atoms with Crippen LogP contribution in [0.4, 0.5) is 0 Å². The number of fused-ring (bicyclic) bond motifs is 1. The first kappa shape index (κ1) is 10.9. The van der Waals surface area contributed by atoms with Crippen LogP contribution in [0.5, 0.6) is 11.5 Å². The van der Waals surface area contributed by atoms with E-state index in [9.17, 15) is 0 Å². The molecule has 0 unspecified atom stereocenters. The molecule has 0 atom stereocenters. The van der Waals surface area contributed by atoms with Crippen LogP contribution >= 0.6 is 0 Å². The Morgan fingerprint density at radius 2 is 1.43 bits per heavy atom. The van der Waals surface area contributed by atoms with Gasteiger partial charge in [0.25, 0.3) is 0 Å². The molecular formula is C12H18O2. The molecular weight excluding hydrogens is 176 g/mol. The van der Waals surface area contributed by atoms with Crippen LogP contribution in [-0.4, -0.2) is 6.29 Å². The van der Waals surface area contributed by atoms with Crippen LogP contribution in [-0.2, 0) is 0 Å². The third-order valence-electron chi connectivity index (χ3n) is 1.88. The second kappa shape index (κ2) is 4.89. The summed E-state index contributed by atoms with van der Waals surface area (Å²) in [5.41, 5.74) is 0. The number of para-hydroxylation sites is 2. The Kier molecular flexibility index (Phi) is 3.81. The summed E-state index contributed by atoms with van der Waals surface area (Å²) in [7, 11) is 0. The Balaban J connectivity index is 0.000000461. The standard InChI is InChI=1S/C10H12O2.C2H6/c1-7(2)10-11-8-5-3-4-6-9(8)12-10;1-2/h3-7,10H,1-2H3;1-2H3. The maximum atomic E-state index is 5.55. The normalized spacial score (nSPS) is 13.8. The summed E-state index contributed by atoms with van der Waals surface area (Å²) in [6.45, 7) is 8.16. The van der Waals surface area contributed by atoms with Crippen LogP contribution in [0.15, 0.2) is 24.3 Å². The van der Waals surface area contributed by atoms with Gasteiger partial charge in [0.05, 0.1) is 0 Å². The average molecular weight is 194 g/mol. The van der Waals surface area contributed by atoms with Gasteiger partial charge >= 0.3 is 0 Å². The maximum absolute atomic E-state index is 5.55. The van der Waals surface area contributed by atoms with E-state index in [1.54, 1.807) is 0 Å². The van der Waals surface area contributed by atoms with Crippen molar-refractivity contribution in [1.82, 2.24) is 0 Å². The molecule has 1 aromatic carbocycles. The molecule has 14 heavy (non-hydrogen) atoms. The summed E-state index contributed by atoms with van der Waals surface area (Å²) < 4.78 is 11.1. The number of rotatable bonds is 1. The molecule has 0 radical (unpaired) electrons. The number of hydrogen-bond donors (Lipinski definition) is 0. The van der Waals surface area contributed by atoms with Crippen molar-refractivity contribution in [3.8, 4) is 11.5 Å². The molecule has 0 fully saturated rings. The molecule has 78 valence electrons. The molecule has 0 spiro atoms. The van der Waals surface area contributed by atoms with Crippen molar-refractivity contribution < 1.29 is 9.47 Å². The van der Waals surface area contributed by atoms with E-state index in [0.29, 0.717) is 5.92 Å². The lowest BCUT2D eigenvalue weighted by Gasteiger charge is -2.12. The van der Waals surface area contributed by atoms with Gasteiger partial charge in [-0.3, -0.25) is 0 Å². The quantitative estimate of drug-likeness (QED) is 0.681. The van der Waals surface area contributed by atoms with Gasteiger partial charge < -0.3 is 9.47 Å². The largest absolute Gasteiger partial charge is 0.451 e. The molecule has 1 aliphatic rings. The molecule has 2 rings (SSSR count). The average Bonchev–Trinajstić information content (AvgIpc) is 2.64. The molecule has 0 amide bonds. The van der Waals surface area contributed by atoms with Gasteiger partial charge in [-0.2, -0.15) is 0 Å². The monoisotopic (exact) mass is 194 g/mol. The van der Waals surface area contributed by atoms with Gasteiger partial charge in [0.2, 0.25) is 6.29 Å². The first-order valence-electron chi connectivity index (χ1n) is 5.20. The van der Waals surface area contributed by atoms with Crippen molar-refractivity contribution in [3.05, 3.63) is 24.3 Å². The SMILES string of the molecule is CC.CC(C)C1Oc2ccccc2O1. The Bertz CT molecular complexity index is 256. The summed E-state index contributed by atoms with van der Waals surface area (Å²) in [5, 5.41) is 0. The molecule has 0 saturated carbocycles. The smallest absolute Gasteiger partial charge is 0.243 e. The minimum Gasteiger partial charge on any atom is -0.451 e. The zero-order valence-corrected chi connectivity index (χ0v) is 9.28. The lowest BCUT2D eigenvalue weighted by Crippen LogP contribution is -2.24. The highest BCUT2D eigenvalue weighted by molar-refractivity contribution is 5.41. The fourth-order valence-electron chi connectivity index (χ4n) is 1.19. The third kappa shape index (κ3) is 2.19. The lowest BCUT2D eigenvalue weighted by molar-refractivity contribution is 0.00911. The Hall–Kier alpha value is -1.18. The van der Waals surface area contributed by atoms with Gasteiger partial charge in [-0.25, -0.2) is 0 Å². The number of hydrogen-bond acceptors (Lipinski definition) is 2. The van der Waals surface area contributed by atoms with Crippen molar-refractivity contribution in [1.29, 1.82) is 0 Å². The van der Waals surface area contributed by atoms with E-state index in [1.807, 2.05) is 38.1 Å². The summed E-state index contributed by atoms with van der Waals surface area (Å²) in [5.74, 6) is 2.10. The lowest BCUT2D eigenvalue weighted by atomic mass is 10.2. The Morgan fingerprint density at radius 1 is 1.00 bits per heavy atom. The molecule has 1 heterocycles. The highest BCUT2D eigenvalue weighted by atomic mass is 16.7. The van der Waals surface area contributed by atoms with E-state index >= 15 is 0 Å². The highest BCUT2D eigenvalue weighted by Gasteiger charge is 2.25. The minimum atomic E-state index is -0.109. The summed E-state index contributed by atoms with van der Waals surface area (Å²) in [4.78, 5) is 0. The number of ether oxygens (including phenoxy) is 2. The van der Waals surface area contributed by atoms with E-state index in [4.69, 9.17) is 9.47 Å². The molecule has 0 aromatic heterocycles. The molecule has 0 saturated heterocycles. The van der Waals surface area contributed by atoms with E-state index in [0.717, 1.165) is 11.5 Å². The van der Waals surface area contributed by atoms with Gasteiger partial charge in [0, 0.05) is 5.92 Å². The van der Waals surface area contributed by atoms with Crippen molar-refractivity contribution >= 4 is 0 Å². The van der Waals surface area contributed by atoms with Crippen LogP contribution in [0.2, 0.25) is 0 Å². The molecule has 2 nitrogen and oxygen atoms in total. The van der Waals surface area contributed by atoms with E-state index < -0.39 is 0 Å². The molecule has 0 N–H and O–H groups in total. The van der Waals surface area contributed by atoms with Crippen LogP contribution < -0.4 is 9.47 Å². The zero-order valence-electron chi connectivity index (χ0n) is 9.28. The van der Waals surface area contributed by atoms with E-state index in [1.165, 1.54) is 0 Å². The van der Waals surface area contributed by atoms with Crippen LogP contribution in [0, 0.1) is 5.92 Å². The van der Waals surface area contributed by atoms with Gasteiger partial charge in [-0.05, 0) is 12.1 Å². The second-order valence-electron chi connectivity index (χ2n) is 3.29. The fourth-order valence-corrected chi connectivity index (χ4v) is 1.19. The molecule has 2 heteroatoms. The summed E-state index contributed by atoms with van der Waals surface area (Å²) >= 11 is 0. The topological polar surface area (TPSA) is 18.5 Å². The van der Waals surface area contributed by atoms with Crippen molar-refractivity contribution in [3.63, 3.8) is 0 Å². The fraction of sp³-hybridized carbons (Fsp3) is 0.500. The van der Waals surface area contributed by atoms with Crippen molar-refractivity contribution in [2.45, 2.75) is 34.0 Å². The van der Waals surface area contributed by atoms with Crippen molar-refractivity contribution in [2.75, 3.05) is 0 Å². The van der Waals surface area contributed by atoms with Crippen LogP contribution in [0.3, 0.4) is 0 Å². The van der Waals surface area contributed by atoms with Gasteiger partial charge in [-0.15, -0.1) is 0 Å². The van der Waals surface area contributed by atoms with E-state index in [-0.39, 0.29) is 6.29 Å². The number of benzene rings is 1. The highest BCUT2D eigenvalue weighted by Crippen LogP contribution is 2.35. The zero-order chi connectivity index (χ0) is 10.6. The third-order valence-corrected chi connectivity index (χ3v) is 1.88. The van der Waals surface area contributed by atoms with Gasteiger partial charge in [-0.1, -0.05) is 39.8 Å². The molecule has 1 aliphatic heterocycles. The van der Waals surface area contributed by atoms with Crippen molar-refractivity contribution in [2.24, 2.45) is 5.92 Å². The first-order valence-corrected chi connectivity index (χ1v) is 5.20. The van der Waals surface area contributed by atoms with Gasteiger partial charge in [0.15, 0.2) is 11.5 Å². The maximum Gasteiger partial charge on any atom is 0.243 e. The second-order valence-corrected chi connectivity index (χ2v) is 3.29. The molecule has 1 aromatic rings. The minimum absolute atomic E-state index is 0.109. The van der Waals surface area contributed by atoms with Gasteiger partial charge in [0.1, 0.15) is 0 Å². The Labute approximate surface area is 85.8 Å². The summed E-state index contributed by atoms with van der Waals surface area (Å²) in [6, 6.07) is 7.76. The molecule has 0 aliphatic carbocycles. The predicted molar refractivity (Wildman–Crippen MR) is 57.7 cm³/mol.